The van der Waals surface area contributed by atoms with Crippen LogP contribution in [0.5, 0.6) is 11.5 Å². The van der Waals surface area contributed by atoms with Crippen LogP contribution in [0.1, 0.15) is 30.1 Å². The number of rotatable bonds is 6. The summed E-state index contributed by atoms with van der Waals surface area (Å²) in [5.41, 5.74) is 2.38. The molecule has 1 saturated carbocycles. The van der Waals surface area contributed by atoms with E-state index in [1.54, 1.807) is 19.2 Å². The lowest BCUT2D eigenvalue weighted by atomic mass is 10.0. The van der Waals surface area contributed by atoms with Crippen molar-refractivity contribution in [1.29, 1.82) is 0 Å². The molecular formula is C23H29NO3. The molecule has 4 atom stereocenters. The Morgan fingerprint density at radius 3 is 2.22 bits per heavy atom. The predicted molar refractivity (Wildman–Crippen MR) is 106 cm³/mol. The Labute approximate surface area is 161 Å². The van der Waals surface area contributed by atoms with E-state index in [2.05, 4.69) is 36.1 Å². The molecular weight excluding hydrogens is 338 g/mol. The van der Waals surface area contributed by atoms with E-state index in [0.29, 0.717) is 11.9 Å². The van der Waals surface area contributed by atoms with Gasteiger partial charge in [0.2, 0.25) is 0 Å². The Bertz CT molecular complexity index is 729. The number of hydrogen-bond acceptors (Lipinski definition) is 4. The highest BCUT2D eigenvalue weighted by Crippen LogP contribution is 2.40. The van der Waals surface area contributed by atoms with Gasteiger partial charge in [0.1, 0.15) is 11.5 Å². The molecule has 2 aromatic carbocycles. The first kappa shape index (κ1) is 18.3. The third kappa shape index (κ3) is 4.28. The third-order valence-electron chi connectivity index (χ3n) is 6.08. The molecule has 1 aliphatic heterocycles. The number of hydrogen-bond donors (Lipinski definition) is 1. The SMILES string of the molecule is COC(CN1C[C@H]2C[C@H](Oc3ccc(C)cc3)C[C@H]2C1)c1ccc(O)cc1. The van der Waals surface area contributed by atoms with Crippen molar-refractivity contribution in [3.63, 3.8) is 0 Å². The monoisotopic (exact) mass is 367 g/mol. The number of phenols is 1. The van der Waals surface area contributed by atoms with Gasteiger partial charge in [0.15, 0.2) is 0 Å². The number of benzene rings is 2. The van der Waals surface area contributed by atoms with Crippen molar-refractivity contribution >= 4 is 0 Å². The van der Waals surface area contributed by atoms with Gasteiger partial charge in [-0.2, -0.15) is 0 Å². The molecule has 1 heterocycles. The number of nitrogens with zero attached hydrogens (tertiary/aromatic N) is 1. The summed E-state index contributed by atoms with van der Waals surface area (Å²) in [5.74, 6) is 2.73. The van der Waals surface area contributed by atoms with E-state index in [9.17, 15) is 5.11 Å². The summed E-state index contributed by atoms with van der Waals surface area (Å²) in [5, 5.41) is 9.49. The zero-order valence-electron chi connectivity index (χ0n) is 16.2. The third-order valence-corrected chi connectivity index (χ3v) is 6.08. The van der Waals surface area contributed by atoms with E-state index in [4.69, 9.17) is 9.47 Å². The average molecular weight is 367 g/mol. The van der Waals surface area contributed by atoms with Crippen molar-refractivity contribution in [3.8, 4) is 11.5 Å². The highest BCUT2D eigenvalue weighted by molar-refractivity contribution is 5.28. The van der Waals surface area contributed by atoms with Gasteiger partial charge in [-0.15, -0.1) is 0 Å². The van der Waals surface area contributed by atoms with Crippen LogP contribution in [0.25, 0.3) is 0 Å². The van der Waals surface area contributed by atoms with Gasteiger partial charge in [0.05, 0.1) is 12.2 Å². The number of fused-ring (bicyclic) bond motifs is 1. The number of aromatic hydroxyl groups is 1. The van der Waals surface area contributed by atoms with Crippen molar-refractivity contribution in [2.45, 2.75) is 32.0 Å². The van der Waals surface area contributed by atoms with E-state index in [0.717, 1.165) is 55.6 Å². The molecule has 0 radical (unpaired) electrons. The van der Waals surface area contributed by atoms with Crippen molar-refractivity contribution < 1.29 is 14.6 Å². The second-order valence-corrected chi connectivity index (χ2v) is 8.08. The average Bonchev–Trinajstić information content (AvgIpc) is 3.20. The summed E-state index contributed by atoms with van der Waals surface area (Å²) in [6, 6.07) is 15.7. The van der Waals surface area contributed by atoms with Gasteiger partial charge in [0.25, 0.3) is 0 Å². The number of ether oxygens (including phenoxy) is 2. The summed E-state index contributed by atoms with van der Waals surface area (Å²) in [6.07, 6.45) is 2.68. The molecule has 144 valence electrons. The van der Waals surface area contributed by atoms with Crippen LogP contribution < -0.4 is 4.74 Å². The molecule has 1 aliphatic carbocycles. The van der Waals surface area contributed by atoms with Gasteiger partial charge in [-0.25, -0.2) is 0 Å². The first-order valence-electron chi connectivity index (χ1n) is 9.88. The molecule has 0 amide bonds. The molecule has 27 heavy (non-hydrogen) atoms. The zero-order chi connectivity index (χ0) is 18.8. The smallest absolute Gasteiger partial charge is 0.119 e. The van der Waals surface area contributed by atoms with Gasteiger partial charge in [-0.05, 0) is 61.4 Å². The lowest BCUT2D eigenvalue weighted by Gasteiger charge is -2.24. The largest absolute Gasteiger partial charge is 0.508 e. The van der Waals surface area contributed by atoms with Crippen molar-refractivity contribution in [1.82, 2.24) is 4.90 Å². The predicted octanol–water partition coefficient (Wildman–Crippen LogP) is 4.18. The van der Waals surface area contributed by atoms with Crippen LogP contribution in [-0.4, -0.2) is 42.9 Å². The Balaban J connectivity index is 1.30. The molecule has 2 fully saturated rings. The fourth-order valence-corrected chi connectivity index (χ4v) is 4.64. The van der Waals surface area contributed by atoms with Gasteiger partial charge >= 0.3 is 0 Å². The normalized spacial score (nSPS) is 26.1. The molecule has 4 heteroatoms. The fraction of sp³-hybridized carbons (Fsp3) is 0.478. The highest BCUT2D eigenvalue weighted by Gasteiger charge is 2.42. The van der Waals surface area contributed by atoms with Crippen LogP contribution in [0.15, 0.2) is 48.5 Å². The summed E-state index contributed by atoms with van der Waals surface area (Å²) in [7, 11) is 1.76. The first-order valence-corrected chi connectivity index (χ1v) is 9.88. The molecule has 1 saturated heterocycles. The standard InChI is InChI=1S/C23H29NO3/c1-16-3-9-21(10-4-16)27-22-11-18-13-24(14-19(18)12-22)15-23(26-2)17-5-7-20(25)8-6-17/h3-10,18-19,22-23,25H,11-15H2,1-2H3/t18-,19+,22+,23?. The van der Waals surface area contributed by atoms with E-state index < -0.39 is 0 Å². The Morgan fingerprint density at radius 1 is 1.00 bits per heavy atom. The molecule has 2 aromatic rings. The molecule has 4 rings (SSSR count). The summed E-state index contributed by atoms with van der Waals surface area (Å²) >= 11 is 0. The maximum absolute atomic E-state index is 9.49. The fourth-order valence-electron chi connectivity index (χ4n) is 4.64. The van der Waals surface area contributed by atoms with Gasteiger partial charge < -0.3 is 14.6 Å². The molecule has 2 aliphatic rings. The van der Waals surface area contributed by atoms with E-state index >= 15 is 0 Å². The number of likely N-dealkylation sites (tertiary alicyclic amines) is 1. The minimum Gasteiger partial charge on any atom is -0.508 e. The first-order chi connectivity index (χ1) is 13.1. The van der Waals surface area contributed by atoms with Crippen molar-refractivity contribution in [2.24, 2.45) is 11.8 Å². The van der Waals surface area contributed by atoms with Crippen molar-refractivity contribution in [2.75, 3.05) is 26.7 Å². The van der Waals surface area contributed by atoms with E-state index in [1.165, 1.54) is 5.56 Å². The second kappa shape index (κ2) is 7.91. The van der Waals surface area contributed by atoms with Crippen LogP contribution in [0.2, 0.25) is 0 Å². The summed E-state index contributed by atoms with van der Waals surface area (Å²) in [4.78, 5) is 2.53. The van der Waals surface area contributed by atoms with Gasteiger partial charge in [0, 0.05) is 26.7 Å². The molecule has 0 aromatic heterocycles. The Kier molecular flexibility index (Phi) is 5.37. The number of phenolic OH excluding ortho intramolecular Hbond substituents is 1. The lowest BCUT2D eigenvalue weighted by molar-refractivity contribution is 0.0667. The number of aryl methyl sites for hydroxylation is 1. The Morgan fingerprint density at radius 2 is 1.63 bits per heavy atom. The van der Waals surface area contributed by atoms with Crippen LogP contribution in [0.3, 0.4) is 0 Å². The topological polar surface area (TPSA) is 41.9 Å². The zero-order valence-corrected chi connectivity index (χ0v) is 16.2. The maximum Gasteiger partial charge on any atom is 0.119 e. The van der Waals surface area contributed by atoms with Crippen LogP contribution in [0, 0.1) is 18.8 Å². The van der Waals surface area contributed by atoms with Crippen LogP contribution in [0.4, 0.5) is 0 Å². The maximum atomic E-state index is 9.49. The molecule has 0 bridgehead atoms. The summed E-state index contributed by atoms with van der Waals surface area (Å²) in [6.45, 7) is 5.24. The summed E-state index contributed by atoms with van der Waals surface area (Å²) < 4.78 is 11.9. The van der Waals surface area contributed by atoms with Gasteiger partial charge in [-0.3, -0.25) is 4.90 Å². The Hall–Kier alpha value is -2.04. The molecule has 4 nitrogen and oxygen atoms in total. The quantitative estimate of drug-likeness (QED) is 0.832. The minimum absolute atomic E-state index is 0.0454. The minimum atomic E-state index is 0.0454. The molecule has 1 unspecified atom stereocenters. The van der Waals surface area contributed by atoms with E-state index in [-0.39, 0.29) is 6.10 Å². The lowest BCUT2D eigenvalue weighted by Crippen LogP contribution is -2.29. The van der Waals surface area contributed by atoms with Gasteiger partial charge in [-0.1, -0.05) is 29.8 Å². The molecule has 1 N–H and O–H groups in total. The molecule has 0 spiro atoms. The second-order valence-electron chi connectivity index (χ2n) is 8.08. The highest BCUT2D eigenvalue weighted by atomic mass is 16.5. The van der Waals surface area contributed by atoms with Crippen molar-refractivity contribution in [3.05, 3.63) is 59.7 Å². The van der Waals surface area contributed by atoms with E-state index in [1.807, 2.05) is 12.1 Å². The number of methoxy groups -OCH3 is 1. The van der Waals surface area contributed by atoms with Crippen LogP contribution >= 0.6 is 0 Å². The van der Waals surface area contributed by atoms with Crippen LogP contribution in [-0.2, 0) is 4.74 Å².